The summed E-state index contributed by atoms with van der Waals surface area (Å²) in [5.74, 6) is 2.13. The zero-order valence-corrected chi connectivity index (χ0v) is 14.7. The van der Waals surface area contributed by atoms with Crippen LogP contribution in [0.25, 0.3) is 0 Å². The Morgan fingerprint density at radius 2 is 1.95 bits per heavy atom. The SMILES string of the molecule is CC(CC(=O)NCC1CCCN(C(C)C)C1)C1CCNCC1. The summed E-state index contributed by atoms with van der Waals surface area (Å²) in [5, 5.41) is 6.60. The highest BCUT2D eigenvalue weighted by Crippen LogP contribution is 2.24. The van der Waals surface area contributed by atoms with Crippen molar-refractivity contribution in [2.45, 2.75) is 58.9 Å². The van der Waals surface area contributed by atoms with Gasteiger partial charge in [-0.15, -0.1) is 0 Å². The summed E-state index contributed by atoms with van der Waals surface area (Å²) in [6, 6.07) is 0.624. The molecule has 1 amide bonds. The highest BCUT2D eigenvalue weighted by Gasteiger charge is 2.24. The van der Waals surface area contributed by atoms with Crippen LogP contribution in [-0.4, -0.2) is 49.6 Å². The van der Waals surface area contributed by atoms with Gasteiger partial charge in [0.25, 0.3) is 0 Å². The number of likely N-dealkylation sites (tertiary alicyclic amines) is 1. The number of piperidine rings is 2. The Morgan fingerprint density at radius 1 is 1.23 bits per heavy atom. The first-order valence-electron chi connectivity index (χ1n) is 9.27. The van der Waals surface area contributed by atoms with E-state index in [9.17, 15) is 4.79 Å². The van der Waals surface area contributed by atoms with Crippen LogP contribution in [0.15, 0.2) is 0 Å². The van der Waals surface area contributed by atoms with Crippen LogP contribution in [-0.2, 0) is 4.79 Å². The zero-order valence-electron chi connectivity index (χ0n) is 14.7. The van der Waals surface area contributed by atoms with Crippen molar-refractivity contribution in [2.75, 3.05) is 32.7 Å². The van der Waals surface area contributed by atoms with Gasteiger partial charge in [-0.1, -0.05) is 6.92 Å². The van der Waals surface area contributed by atoms with E-state index in [0.717, 1.165) is 32.1 Å². The van der Waals surface area contributed by atoms with Crippen molar-refractivity contribution in [1.29, 1.82) is 0 Å². The van der Waals surface area contributed by atoms with E-state index >= 15 is 0 Å². The molecule has 0 aliphatic carbocycles. The molecule has 22 heavy (non-hydrogen) atoms. The summed E-state index contributed by atoms with van der Waals surface area (Å²) in [4.78, 5) is 14.8. The van der Waals surface area contributed by atoms with Crippen LogP contribution < -0.4 is 10.6 Å². The van der Waals surface area contributed by atoms with E-state index in [1.165, 1.54) is 32.2 Å². The van der Waals surface area contributed by atoms with E-state index in [2.05, 4.69) is 36.3 Å². The Morgan fingerprint density at radius 3 is 2.64 bits per heavy atom. The van der Waals surface area contributed by atoms with E-state index in [-0.39, 0.29) is 5.91 Å². The molecule has 2 rings (SSSR count). The minimum Gasteiger partial charge on any atom is -0.356 e. The molecule has 0 aromatic heterocycles. The average molecular weight is 309 g/mol. The number of hydrogen-bond acceptors (Lipinski definition) is 3. The standard InChI is InChI=1S/C18H35N3O/c1-14(2)21-10-4-5-16(13-21)12-20-18(22)11-15(3)17-6-8-19-9-7-17/h14-17,19H,4-13H2,1-3H3,(H,20,22). The number of carbonyl (C=O) groups is 1. The lowest BCUT2D eigenvalue weighted by Crippen LogP contribution is -2.44. The molecular formula is C18H35N3O. The van der Waals surface area contributed by atoms with Gasteiger partial charge in [-0.3, -0.25) is 4.79 Å². The molecule has 0 saturated carbocycles. The van der Waals surface area contributed by atoms with Gasteiger partial charge in [-0.05, 0) is 76.9 Å². The molecule has 2 fully saturated rings. The first-order valence-corrected chi connectivity index (χ1v) is 9.27. The van der Waals surface area contributed by atoms with Gasteiger partial charge in [0.15, 0.2) is 0 Å². The molecule has 4 nitrogen and oxygen atoms in total. The Kier molecular flexibility index (Phi) is 7.16. The van der Waals surface area contributed by atoms with Crippen molar-refractivity contribution in [3.8, 4) is 0 Å². The molecule has 2 heterocycles. The highest BCUT2D eigenvalue weighted by atomic mass is 16.1. The third-order valence-corrected chi connectivity index (χ3v) is 5.56. The number of hydrogen-bond donors (Lipinski definition) is 2. The van der Waals surface area contributed by atoms with Crippen molar-refractivity contribution in [2.24, 2.45) is 17.8 Å². The highest BCUT2D eigenvalue weighted by molar-refractivity contribution is 5.76. The Hall–Kier alpha value is -0.610. The molecule has 2 N–H and O–H groups in total. The molecule has 2 saturated heterocycles. The Labute approximate surface area is 136 Å². The molecule has 0 bridgehead atoms. The molecule has 0 spiro atoms. The van der Waals surface area contributed by atoms with E-state index in [0.29, 0.717) is 24.3 Å². The lowest BCUT2D eigenvalue weighted by atomic mass is 9.84. The molecule has 0 aromatic rings. The van der Waals surface area contributed by atoms with Crippen molar-refractivity contribution in [1.82, 2.24) is 15.5 Å². The van der Waals surface area contributed by atoms with Crippen molar-refractivity contribution in [3.63, 3.8) is 0 Å². The predicted molar refractivity (Wildman–Crippen MR) is 91.8 cm³/mol. The molecule has 2 aliphatic rings. The predicted octanol–water partition coefficient (Wildman–Crippen LogP) is 2.25. The van der Waals surface area contributed by atoms with Crippen molar-refractivity contribution < 1.29 is 4.79 Å². The lowest BCUT2D eigenvalue weighted by Gasteiger charge is -2.35. The fourth-order valence-electron chi connectivity index (χ4n) is 3.94. The number of amides is 1. The quantitative estimate of drug-likeness (QED) is 0.791. The monoisotopic (exact) mass is 309 g/mol. The fourth-order valence-corrected chi connectivity index (χ4v) is 3.94. The minimum absolute atomic E-state index is 0.257. The molecular weight excluding hydrogens is 274 g/mol. The molecule has 2 atom stereocenters. The van der Waals surface area contributed by atoms with E-state index in [1.54, 1.807) is 0 Å². The summed E-state index contributed by atoms with van der Waals surface area (Å²) < 4.78 is 0. The van der Waals surface area contributed by atoms with Crippen LogP contribution in [0.2, 0.25) is 0 Å². The smallest absolute Gasteiger partial charge is 0.220 e. The summed E-state index contributed by atoms with van der Waals surface area (Å²) in [7, 11) is 0. The summed E-state index contributed by atoms with van der Waals surface area (Å²) in [6.07, 6.45) is 5.67. The summed E-state index contributed by atoms with van der Waals surface area (Å²) in [6.45, 7) is 12.2. The molecule has 0 radical (unpaired) electrons. The molecule has 2 aliphatic heterocycles. The largest absolute Gasteiger partial charge is 0.356 e. The number of carbonyl (C=O) groups excluding carboxylic acids is 1. The Balaban J connectivity index is 1.66. The topological polar surface area (TPSA) is 44.4 Å². The Bertz CT molecular complexity index is 339. The third kappa shape index (κ3) is 5.54. The van der Waals surface area contributed by atoms with Crippen LogP contribution in [0.4, 0.5) is 0 Å². The van der Waals surface area contributed by atoms with Gasteiger partial charge in [0.2, 0.25) is 5.91 Å². The van der Waals surface area contributed by atoms with Gasteiger partial charge in [-0.25, -0.2) is 0 Å². The number of nitrogens with one attached hydrogen (secondary N) is 2. The second kappa shape index (κ2) is 8.88. The second-order valence-corrected chi connectivity index (χ2v) is 7.67. The van der Waals surface area contributed by atoms with Gasteiger partial charge in [0.1, 0.15) is 0 Å². The van der Waals surface area contributed by atoms with Crippen molar-refractivity contribution in [3.05, 3.63) is 0 Å². The van der Waals surface area contributed by atoms with Gasteiger partial charge in [0, 0.05) is 25.6 Å². The van der Waals surface area contributed by atoms with Crippen LogP contribution in [0.1, 0.15) is 52.9 Å². The lowest BCUT2D eigenvalue weighted by molar-refractivity contribution is -0.122. The van der Waals surface area contributed by atoms with E-state index in [4.69, 9.17) is 0 Å². The summed E-state index contributed by atoms with van der Waals surface area (Å²) >= 11 is 0. The van der Waals surface area contributed by atoms with E-state index in [1.807, 2.05) is 0 Å². The first-order chi connectivity index (χ1) is 10.6. The van der Waals surface area contributed by atoms with Gasteiger partial charge < -0.3 is 15.5 Å². The molecule has 4 heteroatoms. The maximum atomic E-state index is 12.2. The summed E-state index contributed by atoms with van der Waals surface area (Å²) in [5.41, 5.74) is 0. The van der Waals surface area contributed by atoms with Crippen LogP contribution >= 0.6 is 0 Å². The maximum Gasteiger partial charge on any atom is 0.220 e. The zero-order chi connectivity index (χ0) is 15.9. The molecule has 2 unspecified atom stereocenters. The maximum absolute atomic E-state index is 12.2. The van der Waals surface area contributed by atoms with Crippen molar-refractivity contribution >= 4 is 5.91 Å². The fraction of sp³-hybridized carbons (Fsp3) is 0.944. The third-order valence-electron chi connectivity index (χ3n) is 5.56. The van der Waals surface area contributed by atoms with Gasteiger partial charge >= 0.3 is 0 Å². The number of nitrogens with zero attached hydrogens (tertiary/aromatic N) is 1. The first kappa shape index (κ1) is 17.7. The normalized spacial score (nSPS) is 26.1. The van der Waals surface area contributed by atoms with Gasteiger partial charge in [-0.2, -0.15) is 0 Å². The molecule has 0 aromatic carbocycles. The second-order valence-electron chi connectivity index (χ2n) is 7.67. The van der Waals surface area contributed by atoms with Gasteiger partial charge in [0.05, 0.1) is 0 Å². The number of rotatable bonds is 6. The van der Waals surface area contributed by atoms with Crippen LogP contribution in [0, 0.1) is 17.8 Å². The van der Waals surface area contributed by atoms with E-state index < -0.39 is 0 Å². The van der Waals surface area contributed by atoms with Crippen LogP contribution in [0.5, 0.6) is 0 Å². The molecule has 128 valence electrons. The van der Waals surface area contributed by atoms with Crippen LogP contribution in [0.3, 0.4) is 0 Å². The average Bonchev–Trinajstić information content (AvgIpc) is 2.54. The minimum atomic E-state index is 0.257.